The number of hydrogen-bond donors (Lipinski definition) is 1. The largest absolute Gasteiger partial charge is 0.494 e. The van der Waals surface area contributed by atoms with Crippen molar-refractivity contribution in [1.82, 2.24) is 10.2 Å². The van der Waals surface area contributed by atoms with E-state index in [2.05, 4.69) is 17.1 Å². The Labute approximate surface area is 179 Å². The van der Waals surface area contributed by atoms with Crippen molar-refractivity contribution in [1.29, 1.82) is 0 Å². The van der Waals surface area contributed by atoms with Gasteiger partial charge in [-0.05, 0) is 39.7 Å². The molecule has 0 radical (unpaired) electrons. The van der Waals surface area contributed by atoms with E-state index < -0.39 is 0 Å². The van der Waals surface area contributed by atoms with Gasteiger partial charge in [0.25, 0.3) is 0 Å². The van der Waals surface area contributed by atoms with Crippen LogP contribution in [0.4, 0.5) is 0 Å². The predicted molar refractivity (Wildman–Crippen MR) is 119 cm³/mol. The van der Waals surface area contributed by atoms with Crippen molar-refractivity contribution in [2.45, 2.75) is 40.2 Å². The maximum Gasteiger partial charge on any atom is 0.309 e. The van der Waals surface area contributed by atoms with Crippen LogP contribution in [-0.4, -0.2) is 49.7 Å². The average Bonchev–Trinajstić information content (AvgIpc) is 2.67. The molecular weight excluding hydrogens is 457 g/mol. The summed E-state index contributed by atoms with van der Waals surface area (Å²) in [5.74, 6) is 1.71. The average molecular weight is 489 g/mol. The van der Waals surface area contributed by atoms with Crippen LogP contribution in [-0.2, 0) is 16.1 Å². The lowest BCUT2D eigenvalue weighted by atomic mass is 9.97. The van der Waals surface area contributed by atoms with Gasteiger partial charge in [0.2, 0.25) is 0 Å². The van der Waals surface area contributed by atoms with E-state index in [0.29, 0.717) is 19.8 Å². The van der Waals surface area contributed by atoms with Gasteiger partial charge in [0.1, 0.15) is 5.75 Å². The second-order valence-electron chi connectivity index (χ2n) is 6.22. The van der Waals surface area contributed by atoms with E-state index in [-0.39, 0.29) is 35.9 Å². The summed E-state index contributed by atoms with van der Waals surface area (Å²) in [6, 6.07) is 8.01. The fourth-order valence-electron chi connectivity index (χ4n) is 3.10. The second kappa shape index (κ2) is 12.8. The monoisotopic (exact) mass is 489 g/mol. The lowest BCUT2D eigenvalue weighted by molar-refractivity contribution is -0.149. The molecule has 1 aliphatic heterocycles. The zero-order valence-electron chi connectivity index (χ0n) is 16.6. The second-order valence-corrected chi connectivity index (χ2v) is 6.22. The molecule has 1 fully saturated rings. The van der Waals surface area contributed by atoms with Crippen LogP contribution in [0, 0.1) is 5.92 Å². The van der Waals surface area contributed by atoms with Gasteiger partial charge in [-0.25, -0.2) is 4.99 Å². The number of esters is 1. The standard InChI is InChI=1S/C20H31N3O3.HI/c1-4-21-20(22-15-17-9-7-8-10-18(17)25-5-2)23-13-11-16(12-14-23)19(24)26-6-3;/h7-10,16H,4-6,11-15H2,1-3H3,(H,21,22);1H. The van der Waals surface area contributed by atoms with Gasteiger partial charge < -0.3 is 19.7 Å². The molecule has 6 nitrogen and oxygen atoms in total. The van der Waals surface area contributed by atoms with E-state index >= 15 is 0 Å². The Bertz CT molecular complexity index is 602. The number of hydrogen-bond acceptors (Lipinski definition) is 4. The first-order chi connectivity index (χ1) is 12.7. The van der Waals surface area contributed by atoms with Gasteiger partial charge >= 0.3 is 5.97 Å². The Hall–Kier alpha value is -1.51. The minimum absolute atomic E-state index is 0. The first-order valence-electron chi connectivity index (χ1n) is 9.60. The molecule has 1 saturated heterocycles. The van der Waals surface area contributed by atoms with Gasteiger partial charge in [0, 0.05) is 25.2 Å². The minimum Gasteiger partial charge on any atom is -0.494 e. The lowest BCUT2D eigenvalue weighted by Crippen LogP contribution is -2.46. The third-order valence-electron chi connectivity index (χ3n) is 4.42. The lowest BCUT2D eigenvalue weighted by Gasteiger charge is -2.33. The Kier molecular flexibility index (Phi) is 11.2. The number of ether oxygens (including phenoxy) is 2. The van der Waals surface area contributed by atoms with Gasteiger partial charge in [-0.2, -0.15) is 0 Å². The number of piperidine rings is 1. The summed E-state index contributed by atoms with van der Waals surface area (Å²) in [4.78, 5) is 18.9. The highest BCUT2D eigenvalue weighted by molar-refractivity contribution is 14.0. The molecule has 0 atom stereocenters. The van der Waals surface area contributed by atoms with Crippen molar-refractivity contribution in [3.05, 3.63) is 29.8 Å². The number of rotatable bonds is 7. The van der Waals surface area contributed by atoms with Crippen molar-refractivity contribution in [2.75, 3.05) is 32.8 Å². The quantitative estimate of drug-likeness (QED) is 0.275. The van der Waals surface area contributed by atoms with E-state index in [4.69, 9.17) is 14.5 Å². The van der Waals surface area contributed by atoms with E-state index in [1.165, 1.54) is 0 Å². The number of halogens is 1. The molecule has 0 amide bonds. The number of para-hydroxylation sites is 1. The molecule has 0 unspecified atom stereocenters. The number of nitrogens with zero attached hydrogens (tertiary/aromatic N) is 2. The third-order valence-corrected chi connectivity index (χ3v) is 4.42. The van der Waals surface area contributed by atoms with Crippen LogP contribution in [0.5, 0.6) is 5.75 Å². The molecule has 0 spiro atoms. The first kappa shape index (κ1) is 23.5. The summed E-state index contributed by atoms with van der Waals surface area (Å²) in [5.41, 5.74) is 1.08. The molecular formula is C20H32IN3O3. The number of carbonyl (C=O) groups is 1. The van der Waals surface area contributed by atoms with Gasteiger partial charge in [0.15, 0.2) is 5.96 Å². The van der Waals surface area contributed by atoms with Crippen molar-refractivity contribution in [2.24, 2.45) is 10.9 Å². The van der Waals surface area contributed by atoms with Crippen molar-refractivity contribution < 1.29 is 14.3 Å². The number of likely N-dealkylation sites (tertiary alicyclic amines) is 1. The highest BCUT2D eigenvalue weighted by Crippen LogP contribution is 2.21. The Morgan fingerprint density at radius 3 is 2.52 bits per heavy atom. The van der Waals surface area contributed by atoms with Gasteiger partial charge in [0.05, 0.1) is 25.7 Å². The number of guanidine groups is 1. The summed E-state index contributed by atoms with van der Waals surface area (Å²) in [6.45, 7) is 9.98. The van der Waals surface area contributed by atoms with E-state index in [9.17, 15) is 4.79 Å². The molecule has 1 N–H and O–H groups in total. The Morgan fingerprint density at radius 2 is 1.89 bits per heavy atom. The molecule has 1 aromatic rings. The molecule has 7 heteroatoms. The first-order valence-corrected chi connectivity index (χ1v) is 9.60. The maximum atomic E-state index is 11.9. The summed E-state index contributed by atoms with van der Waals surface area (Å²) in [6.07, 6.45) is 1.61. The minimum atomic E-state index is -0.0697. The highest BCUT2D eigenvalue weighted by Gasteiger charge is 2.27. The molecule has 2 rings (SSSR count). The van der Waals surface area contributed by atoms with Crippen molar-refractivity contribution in [3.8, 4) is 5.75 Å². The Morgan fingerprint density at radius 1 is 1.19 bits per heavy atom. The normalized spacial score (nSPS) is 15.1. The topological polar surface area (TPSA) is 63.2 Å². The SMILES string of the molecule is CCNC(=NCc1ccccc1OCC)N1CCC(C(=O)OCC)CC1.I. The van der Waals surface area contributed by atoms with Gasteiger partial charge in [-0.3, -0.25) is 4.79 Å². The molecule has 0 aromatic heterocycles. The van der Waals surface area contributed by atoms with E-state index in [0.717, 1.165) is 49.7 Å². The fourth-order valence-corrected chi connectivity index (χ4v) is 3.10. The van der Waals surface area contributed by atoms with Crippen LogP contribution in [0.3, 0.4) is 0 Å². The molecule has 1 aromatic carbocycles. The maximum absolute atomic E-state index is 11.9. The highest BCUT2D eigenvalue weighted by atomic mass is 127. The Balaban J connectivity index is 0.00000364. The van der Waals surface area contributed by atoms with Crippen LogP contribution < -0.4 is 10.1 Å². The molecule has 0 bridgehead atoms. The van der Waals surface area contributed by atoms with Gasteiger partial charge in [-0.15, -0.1) is 24.0 Å². The predicted octanol–water partition coefficient (Wildman–Crippen LogP) is 3.44. The summed E-state index contributed by atoms with van der Waals surface area (Å²) in [7, 11) is 0. The van der Waals surface area contributed by atoms with Crippen LogP contribution in [0.2, 0.25) is 0 Å². The molecule has 0 saturated carbocycles. The summed E-state index contributed by atoms with van der Waals surface area (Å²) in [5, 5.41) is 3.36. The smallest absolute Gasteiger partial charge is 0.309 e. The fraction of sp³-hybridized carbons (Fsp3) is 0.600. The number of benzene rings is 1. The molecule has 152 valence electrons. The van der Waals surface area contributed by atoms with Crippen molar-refractivity contribution >= 4 is 35.9 Å². The number of carbonyl (C=O) groups excluding carboxylic acids is 1. The van der Waals surface area contributed by atoms with Crippen LogP contribution in [0.15, 0.2) is 29.3 Å². The zero-order valence-corrected chi connectivity index (χ0v) is 18.9. The summed E-state index contributed by atoms with van der Waals surface area (Å²) < 4.78 is 10.8. The van der Waals surface area contributed by atoms with E-state index in [1.54, 1.807) is 0 Å². The zero-order chi connectivity index (χ0) is 18.8. The van der Waals surface area contributed by atoms with Crippen LogP contribution >= 0.6 is 24.0 Å². The molecule has 1 aliphatic rings. The van der Waals surface area contributed by atoms with Crippen LogP contribution in [0.25, 0.3) is 0 Å². The van der Waals surface area contributed by atoms with Crippen molar-refractivity contribution in [3.63, 3.8) is 0 Å². The van der Waals surface area contributed by atoms with E-state index in [1.807, 2.05) is 38.1 Å². The van der Waals surface area contributed by atoms with Crippen LogP contribution in [0.1, 0.15) is 39.2 Å². The molecule has 27 heavy (non-hydrogen) atoms. The number of nitrogens with one attached hydrogen (secondary N) is 1. The molecule has 1 heterocycles. The number of aliphatic imine (C=N–C) groups is 1. The summed E-state index contributed by atoms with van der Waals surface area (Å²) >= 11 is 0. The molecule has 0 aliphatic carbocycles. The third kappa shape index (κ3) is 7.20. The van der Waals surface area contributed by atoms with Gasteiger partial charge in [-0.1, -0.05) is 18.2 Å².